The molecule has 0 atom stereocenters. The lowest BCUT2D eigenvalue weighted by Crippen LogP contribution is -2.32. The van der Waals surface area contributed by atoms with Crippen LogP contribution in [0.4, 0.5) is 4.39 Å². The van der Waals surface area contributed by atoms with Gasteiger partial charge in [-0.1, -0.05) is 5.16 Å². The number of halogens is 1. The molecule has 2 N–H and O–H groups in total. The summed E-state index contributed by atoms with van der Waals surface area (Å²) in [5.41, 5.74) is 7.08. The molecule has 0 amide bonds. The molecule has 0 bridgehead atoms. The van der Waals surface area contributed by atoms with E-state index in [1.54, 1.807) is 0 Å². The van der Waals surface area contributed by atoms with Crippen molar-refractivity contribution in [2.45, 2.75) is 39.2 Å². The van der Waals surface area contributed by atoms with Gasteiger partial charge in [-0.15, -0.1) is 0 Å². The zero-order chi connectivity index (χ0) is 14.0. The summed E-state index contributed by atoms with van der Waals surface area (Å²) in [5, 5.41) is 3.88. The molecule has 2 aromatic rings. The maximum Gasteiger partial charge on any atom is 0.227 e. The fourth-order valence-electron chi connectivity index (χ4n) is 1.77. The lowest BCUT2D eigenvalue weighted by atomic mass is 10.0. The average molecular weight is 263 g/mol. The third kappa shape index (κ3) is 3.86. The standard InChI is InChI=1S/C14H18FN3O/c1-9-6-10(8-11(15)7-9)13-17-12(19-18-13)4-5-14(2,3)16/h6-8H,4-5,16H2,1-3H3. The summed E-state index contributed by atoms with van der Waals surface area (Å²) < 4.78 is 18.5. The van der Waals surface area contributed by atoms with Crippen molar-refractivity contribution in [3.63, 3.8) is 0 Å². The summed E-state index contributed by atoms with van der Waals surface area (Å²) >= 11 is 0. The Morgan fingerprint density at radius 3 is 2.68 bits per heavy atom. The van der Waals surface area contributed by atoms with Gasteiger partial charge in [-0.05, 0) is 51.0 Å². The number of hydrogen-bond acceptors (Lipinski definition) is 4. The van der Waals surface area contributed by atoms with E-state index in [0.717, 1.165) is 12.0 Å². The molecule has 0 radical (unpaired) electrons. The molecule has 4 nitrogen and oxygen atoms in total. The fourth-order valence-corrected chi connectivity index (χ4v) is 1.77. The van der Waals surface area contributed by atoms with Crippen molar-refractivity contribution < 1.29 is 8.91 Å². The predicted octanol–water partition coefficient (Wildman–Crippen LogP) is 2.85. The van der Waals surface area contributed by atoms with Crippen LogP contribution in [-0.2, 0) is 6.42 Å². The van der Waals surface area contributed by atoms with Gasteiger partial charge in [-0.3, -0.25) is 0 Å². The summed E-state index contributed by atoms with van der Waals surface area (Å²) in [6.07, 6.45) is 1.36. The number of nitrogens with zero attached hydrogens (tertiary/aromatic N) is 2. The molecule has 0 aliphatic rings. The predicted molar refractivity (Wildman–Crippen MR) is 71.0 cm³/mol. The first-order chi connectivity index (χ1) is 8.83. The molecule has 0 unspecified atom stereocenters. The molecule has 0 fully saturated rings. The zero-order valence-electron chi connectivity index (χ0n) is 11.4. The van der Waals surface area contributed by atoms with Gasteiger partial charge in [-0.2, -0.15) is 4.98 Å². The van der Waals surface area contributed by atoms with Crippen LogP contribution in [0, 0.1) is 12.7 Å². The Hall–Kier alpha value is -1.75. The van der Waals surface area contributed by atoms with E-state index in [1.165, 1.54) is 12.1 Å². The van der Waals surface area contributed by atoms with Crippen LogP contribution < -0.4 is 5.73 Å². The van der Waals surface area contributed by atoms with Gasteiger partial charge < -0.3 is 10.3 Å². The average Bonchev–Trinajstić information content (AvgIpc) is 2.72. The van der Waals surface area contributed by atoms with Gasteiger partial charge in [0, 0.05) is 17.5 Å². The van der Waals surface area contributed by atoms with Gasteiger partial charge in [0.25, 0.3) is 0 Å². The highest BCUT2D eigenvalue weighted by molar-refractivity contribution is 5.55. The molecule has 0 aliphatic heterocycles. The first kappa shape index (κ1) is 13.7. The second kappa shape index (κ2) is 5.09. The number of nitrogens with two attached hydrogens (primary N) is 1. The van der Waals surface area contributed by atoms with Gasteiger partial charge in [0.15, 0.2) is 0 Å². The Balaban J connectivity index is 2.16. The van der Waals surface area contributed by atoms with Crippen molar-refractivity contribution >= 4 is 0 Å². The number of benzene rings is 1. The van der Waals surface area contributed by atoms with Crippen LogP contribution in [0.25, 0.3) is 11.4 Å². The van der Waals surface area contributed by atoms with Gasteiger partial charge in [0.1, 0.15) is 5.82 Å². The van der Waals surface area contributed by atoms with E-state index in [9.17, 15) is 4.39 Å². The van der Waals surface area contributed by atoms with Crippen molar-refractivity contribution in [1.29, 1.82) is 0 Å². The molecule has 2 rings (SSSR count). The molecule has 1 aromatic heterocycles. The van der Waals surface area contributed by atoms with Crippen molar-refractivity contribution in [3.8, 4) is 11.4 Å². The van der Waals surface area contributed by atoms with Crippen LogP contribution in [0.3, 0.4) is 0 Å². The Kier molecular flexibility index (Phi) is 3.66. The molecule has 0 saturated carbocycles. The van der Waals surface area contributed by atoms with Crippen LogP contribution in [0.15, 0.2) is 22.7 Å². The summed E-state index contributed by atoms with van der Waals surface area (Å²) in [4.78, 5) is 4.27. The number of hydrogen-bond donors (Lipinski definition) is 1. The molecule has 1 heterocycles. The van der Waals surface area contributed by atoms with Crippen LogP contribution in [0.2, 0.25) is 0 Å². The van der Waals surface area contributed by atoms with Gasteiger partial charge >= 0.3 is 0 Å². The van der Waals surface area contributed by atoms with E-state index in [0.29, 0.717) is 23.7 Å². The first-order valence-corrected chi connectivity index (χ1v) is 6.22. The fraction of sp³-hybridized carbons (Fsp3) is 0.429. The summed E-state index contributed by atoms with van der Waals surface area (Å²) in [5.74, 6) is 0.632. The van der Waals surface area contributed by atoms with Crippen LogP contribution in [0.5, 0.6) is 0 Å². The highest BCUT2D eigenvalue weighted by atomic mass is 19.1. The highest BCUT2D eigenvalue weighted by Gasteiger charge is 2.15. The van der Waals surface area contributed by atoms with E-state index >= 15 is 0 Å². The zero-order valence-corrected chi connectivity index (χ0v) is 11.4. The van der Waals surface area contributed by atoms with E-state index < -0.39 is 0 Å². The van der Waals surface area contributed by atoms with E-state index in [1.807, 2.05) is 26.8 Å². The second-order valence-corrected chi connectivity index (χ2v) is 5.52. The minimum atomic E-state index is -0.301. The monoisotopic (exact) mass is 263 g/mol. The number of aromatic nitrogens is 2. The van der Waals surface area contributed by atoms with Crippen LogP contribution in [0.1, 0.15) is 31.7 Å². The van der Waals surface area contributed by atoms with Gasteiger partial charge in [-0.25, -0.2) is 4.39 Å². The number of rotatable bonds is 4. The quantitative estimate of drug-likeness (QED) is 0.921. The molecule has 5 heteroatoms. The second-order valence-electron chi connectivity index (χ2n) is 5.52. The maximum absolute atomic E-state index is 13.3. The number of aryl methyl sites for hydroxylation is 2. The Bertz CT molecular complexity index is 552. The Morgan fingerprint density at radius 1 is 1.32 bits per heavy atom. The highest BCUT2D eigenvalue weighted by Crippen LogP contribution is 2.20. The van der Waals surface area contributed by atoms with Crippen molar-refractivity contribution in [2.75, 3.05) is 0 Å². The topological polar surface area (TPSA) is 64.9 Å². The van der Waals surface area contributed by atoms with Crippen molar-refractivity contribution in [2.24, 2.45) is 5.73 Å². The lowest BCUT2D eigenvalue weighted by molar-refractivity contribution is 0.358. The third-order valence-corrected chi connectivity index (χ3v) is 2.75. The van der Waals surface area contributed by atoms with Gasteiger partial charge in [0.05, 0.1) is 0 Å². The Morgan fingerprint density at radius 2 is 2.05 bits per heavy atom. The van der Waals surface area contributed by atoms with Crippen molar-refractivity contribution in [3.05, 3.63) is 35.5 Å². The molecule has 0 spiro atoms. The minimum Gasteiger partial charge on any atom is -0.339 e. The molecule has 1 aromatic carbocycles. The van der Waals surface area contributed by atoms with Crippen molar-refractivity contribution in [1.82, 2.24) is 10.1 Å². The normalized spacial score (nSPS) is 11.8. The third-order valence-electron chi connectivity index (χ3n) is 2.75. The summed E-state index contributed by atoms with van der Waals surface area (Å²) in [6.45, 7) is 5.71. The lowest BCUT2D eigenvalue weighted by Gasteiger charge is -2.16. The minimum absolute atomic E-state index is 0.274. The molecule has 19 heavy (non-hydrogen) atoms. The smallest absolute Gasteiger partial charge is 0.227 e. The molecular weight excluding hydrogens is 245 g/mol. The SMILES string of the molecule is Cc1cc(F)cc(-c2noc(CCC(C)(C)N)n2)c1. The summed E-state index contributed by atoms with van der Waals surface area (Å²) in [7, 11) is 0. The molecule has 102 valence electrons. The first-order valence-electron chi connectivity index (χ1n) is 6.22. The largest absolute Gasteiger partial charge is 0.339 e. The van der Waals surface area contributed by atoms with E-state index in [4.69, 9.17) is 10.3 Å². The summed E-state index contributed by atoms with van der Waals surface area (Å²) in [6, 6.07) is 4.68. The Labute approximate surface area is 111 Å². The maximum atomic E-state index is 13.3. The van der Waals surface area contributed by atoms with E-state index in [-0.39, 0.29) is 11.4 Å². The molecule has 0 aliphatic carbocycles. The van der Waals surface area contributed by atoms with E-state index in [2.05, 4.69) is 10.1 Å². The molecule has 0 saturated heterocycles. The van der Waals surface area contributed by atoms with Gasteiger partial charge in [0.2, 0.25) is 11.7 Å². The molecular formula is C14H18FN3O. The van der Waals surface area contributed by atoms with Crippen LogP contribution in [-0.4, -0.2) is 15.7 Å². The van der Waals surface area contributed by atoms with Crippen LogP contribution >= 0.6 is 0 Å².